The van der Waals surface area contributed by atoms with Gasteiger partial charge in [-0.3, -0.25) is 0 Å². The topological polar surface area (TPSA) is 12.0 Å². The average Bonchev–Trinajstić information content (AvgIpc) is 2.07. The van der Waals surface area contributed by atoms with Gasteiger partial charge in [-0.2, -0.15) is 0 Å². The molecular weight excluding hydrogens is 146 g/mol. The highest BCUT2D eigenvalue weighted by molar-refractivity contribution is 4.94. The molecule has 1 saturated heterocycles. The van der Waals surface area contributed by atoms with E-state index in [4.69, 9.17) is 0 Å². The third-order valence-corrected chi connectivity index (χ3v) is 2.82. The predicted molar refractivity (Wildman–Crippen MR) is 54.2 cm³/mol. The summed E-state index contributed by atoms with van der Waals surface area (Å²) in [5.74, 6) is 0. The van der Waals surface area contributed by atoms with E-state index >= 15 is 0 Å². The first kappa shape index (κ1) is 9.53. The van der Waals surface area contributed by atoms with E-state index in [9.17, 15) is 0 Å². The van der Waals surface area contributed by atoms with Crippen molar-refractivity contribution in [3.63, 3.8) is 0 Å². The van der Waals surface area contributed by atoms with E-state index in [-0.39, 0.29) is 0 Å². The van der Waals surface area contributed by atoms with Crippen molar-refractivity contribution in [1.82, 2.24) is 5.32 Å². The Labute approximate surface area is 75.6 Å². The van der Waals surface area contributed by atoms with Gasteiger partial charge in [-0.25, -0.2) is 0 Å². The van der Waals surface area contributed by atoms with Crippen LogP contribution in [-0.4, -0.2) is 13.1 Å². The van der Waals surface area contributed by atoms with Crippen LogP contribution in [0.1, 0.15) is 25.7 Å². The largest absolute Gasteiger partial charge is 0.317 e. The van der Waals surface area contributed by atoms with Crippen LogP contribution in [-0.2, 0) is 0 Å². The van der Waals surface area contributed by atoms with Gasteiger partial charge in [-0.15, -0.1) is 13.2 Å². The van der Waals surface area contributed by atoms with Crippen LogP contribution in [0.3, 0.4) is 0 Å². The number of rotatable bonds is 4. The third kappa shape index (κ3) is 2.21. The second-order valence-electron chi connectivity index (χ2n) is 3.74. The maximum atomic E-state index is 3.83. The highest BCUT2D eigenvalue weighted by Gasteiger charge is 2.28. The van der Waals surface area contributed by atoms with Crippen LogP contribution >= 0.6 is 0 Å². The molecule has 0 aliphatic carbocycles. The molecule has 0 aromatic heterocycles. The van der Waals surface area contributed by atoms with Crippen molar-refractivity contribution in [2.75, 3.05) is 13.1 Å². The second-order valence-corrected chi connectivity index (χ2v) is 3.74. The summed E-state index contributed by atoms with van der Waals surface area (Å²) in [5.41, 5.74) is 0.481. The fraction of sp³-hybridized carbons (Fsp3) is 0.636. The summed E-state index contributed by atoms with van der Waals surface area (Å²) < 4.78 is 0. The smallest absolute Gasteiger partial charge is 0.00434 e. The monoisotopic (exact) mass is 165 g/mol. The molecule has 0 unspecified atom stereocenters. The van der Waals surface area contributed by atoms with Gasteiger partial charge in [0, 0.05) is 0 Å². The molecule has 0 bridgehead atoms. The maximum Gasteiger partial charge on any atom is -0.00434 e. The summed E-state index contributed by atoms with van der Waals surface area (Å²) in [6, 6.07) is 0. The first-order valence-corrected chi connectivity index (χ1v) is 4.75. The van der Waals surface area contributed by atoms with Crippen molar-refractivity contribution in [2.24, 2.45) is 5.41 Å². The minimum absolute atomic E-state index is 0.481. The Bertz CT molecular complexity index is 142. The van der Waals surface area contributed by atoms with Gasteiger partial charge in [0.2, 0.25) is 0 Å². The SMILES string of the molecule is C=CCC1(CC=C)CCNCC1. The summed E-state index contributed by atoms with van der Waals surface area (Å²) >= 11 is 0. The lowest BCUT2D eigenvalue weighted by molar-refractivity contribution is 0.207. The summed E-state index contributed by atoms with van der Waals surface area (Å²) in [7, 11) is 0. The first-order chi connectivity index (χ1) is 5.83. The van der Waals surface area contributed by atoms with Gasteiger partial charge in [0.1, 0.15) is 0 Å². The van der Waals surface area contributed by atoms with Crippen LogP contribution in [0, 0.1) is 5.41 Å². The Morgan fingerprint density at radius 3 is 2.00 bits per heavy atom. The lowest BCUT2D eigenvalue weighted by Crippen LogP contribution is -2.36. The fourth-order valence-electron chi connectivity index (χ4n) is 2.06. The Morgan fingerprint density at radius 1 is 1.08 bits per heavy atom. The Kier molecular flexibility index (Phi) is 3.54. The molecule has 1 heterocycles. The summed E-state index contributed by atoms with van der Waals surface area (Å²) in [6.07, 6.45) is 8.92. The zero-order chi connectivity index (χ0) is 8.86. The van der Waals surface area contributed by atoms with Crippen molar-refractivity contribution < 1.29 is 0 Å². The van der Waals surface area contributed by atoms with Gasteiger partial charge >= 0.3 is 0 Å². The van der Waals surface area contributed by atoms with Gasteiger partial charge in [-0.1, -0.05) is 12.2 Å². The van der Waals surface area contributed by atoms with E-state index < -0.39 is 0 Å². The zero-order valence-electron chi connectivity index (χ0n) is 7.81. The van der Waals surface area contributed by atoms with E-state index in [0.717, 1.165) is 25.9 Å². The van der Waals surface area contributed by atoms with Crippen molar-refractivity contribution in [3.8, 4) is 0 Å². The standard InChI is InChI=1S/C11H19N/c1-3-5-11(6-4-2)7-9-12-10-8-11/h3-4,12H,1-2,5-10H2. The highest BCUT2D eigenvalue weighted by Crippen LogP contribution is 2.36. The number of allylic oxidation sites excluding steroid dienone is 2. The molecule has 1 N–H and O–H groups in total. The van der Waals surface area contributed by atoms with Crippen molar-refractivity contribution in [1.29, 1.82) is 0 Å². The quantitative estimate of drug-likeness (QED) is 0.631. The molecule has 0 aromatic rings. The normalized spacial score (nSPS) is 21.7. The van der Waals surface area contributed by atoms with Crippen LogP contribution in [0.5, 0.6) is 0 Å². The number of hydrogen-bond donors (Lipinski definition) is 1. The number of piperidine rings is 1. The van der Waals surface area contributed by atoms with Crippen molar-refractivity contribution in [2.45, 2.75) is 25.7 Å². The molecule has 1 fully saturated rings. The minimum atomic E-state index is 0.481. The van der Waals surface area contributed by atoms with Gasteiger partial charge < -0.3 is 5.32 Å². The predicted octanol–water partition coefficient (Wildman–Crippen LogP) is 2.51. The summed E-state index contributed by atoms with van der Waals surface area (Å²) in [4.78, 5) is 0. The number of hydrogen-bond acceptors (Lipinski definition) is 1. The highest BCUT2D eigenvalue weighted by atomic mass is 14.9. The van der Waals surface area contributed by atoms with Gasteiger partial charge in [0.15, 0.2) is 0 Å². The Morgan fingerprint density at radius 2 is 1.58 bits per heavy atom. The van der Waals surface area contributed by atoms with E-state index in [1.165, 1.54) is 12.8 Å². The number of nitrogens with one attached hydrogen (secondary N) is 1. The van der Waals surface area contributed by atoms with Gasteiger partial charge in [-0.05, 0) is 44.2 Å². The van der Waals surface area contributed by atoms with Gasteiger partial charge in [0.05, 0.1) is 0 Å². The molecule has 1 rings (SSSR count). The zero-order valence-corrected chi connectivity index (χ0v) is 7.81. The fourth-order valence-corrected chi connectivity index (χ4v) is 2.06. The molecule has 1 aliphatic rings. The van der Waals surface area contributed by atoms with E-state index in [1.54, 1.807) is 0 Å². The van der Waals surface area contributed by atoms with Crippen LogP contribution < -0.4 is 5.32 Å². The molecule has 0 amide bonds. The van der Waals surface area contributed by atoms with E-state index in [2.05, 4.69) is 30.6 Å². The molecular formula is C11H19N. The maximum absolute atomic E-state index is 3.83. The molecule has 1 aliphatic heterocycles. The Hall–Kier alpha value is -0.560. The Balaban J connectivity index is 2.55. The summed E-state index contributed by atoms with van der Waals surface area (Å²) in [6.45, 7) is 9.96. The first-order valence-electron chi connectivity index (χ1n) is 4.75. The molecule has 0 atom stereocenters. The van der Waals surface area contributed by atoms with Crippen molar-refractivity contribution >= 4 is 0 Å². The van der Waals surface area contributed by atoms with Crippen LogP contribution in [0.2, 0.25) is 0 Å². The second kappa shape index (κ2) is 4.46. The molecule has 0 radical (unpaired) electrons. The average molecular weight is 165 g/mol. The van der Waals surface area contributed by atoms with Crippen molar-refractivity contribution in [3.05, 3.63) is 25.3 Å². The van der Waals surface area contributed by atoms with Crippen LogP contribution in [0.25, 0.3) is 0 Å². The lowest BCUT2D eigenvalue weighted by Gasteiger charge is -2.36. The third-order valence-electron chi connectivity index (χ3n) is 2.82. The van der Waals surface area contributed by atoms with Crippen LogP contribution in [0.15, 0.2) is 25.3 Å². The molecule has 0 spiro atoms. The molecule has 0 aromatic carbocycles. The van der Waals surface area contributed by atoms with E-state index in [0.29, 0.717) is 5.41 Å². The van der Waals surface area contributed by atoms with E-state index in [1.807, 2.05) is 0 Å². The molecule has 68 valence electrons. The molecule has 12 heavy (non-hydrogen) atoms. The molecule has 0 saturated carbocycles. The van der Waals surface area contributed by atoms with Crippen LogP contribution in [0.4, 0.5) is 0 Å². The molecule has 1 heteroatoms. The lowest BCUT2D eigenvalue weighted by atomic mass is 9.74. The summed E-state index contributed by atoms with van der Waals surface area (Å²) in [5, 5.41) is 3.39. The minimum Gasteiger partial charge on any atom is -0.317 e. The molecule has 1 nitrogen and oxygen atoms in total. The van der Waals surface area contributed by atoms with Gasteiger partial charge in [0.25, 0.3) is 0 Å².